The molecule has 6 heteroatoms. The van der Waals surface area contributed by atoms with E-state index in [1.54, 1.807) is 6.92 Å². The zero-order valence-corrected chi connectivity index (χ0v) is 9.24. The molecule has 0 fully saturated rings. The summed E-state index contributed by atoms with van der Waals surface area (Å²) in [5.74, 6) is -1.43. The third-order valence-corrected chi connectivity index (χ3v) is 2.77. The van der Waals surface area contributed by atoms with Crippen LogP contribution in [0.15, 0.2) is 11.1 Å². The van der Waals surface area contributed by atoms with E-state index >= 15 is 0 Å². The summed E-state index contributed by atoms with van der Waals surface area (Å²) in [5, 5.41) is 11.2. The first-order valence-electron chi connectivity index (χ1n) is 4.39. The Bertz CT molecular complexity index is 349. The van der Waals surface area contributed by atoms with Gasteiger partial charge in [0, 0.05) is 18.4 Å². The highest BCUT2D eigenvalue weighted by Crippen LogP contribution is 2.26. The fourth-order valence-electron chi connectivity index (χ4n) is 0.936. The van der Waals surface area contributed by atoms with Gasteiger partial charge in [0.05, 0.1) is 6.61 Å². The maximum atomic E-state index is 13.2. The monoisotopic (exact) mass is 234 g/mol. The van der Waals surface area contributed by atoms with Gasteiger partial charge in [0.2, 0.25) is 0 Å². The lowest BCUT2D eigenvalue weighted by Gasteiger charge is -2.09. The van der Waals surface area contributed by atoms with E-state index in [1.807, 2.05) is 0 Å². The molecule has 0 radical (unpaired) electrons. The second kappa shape index (κ2) is 5.27. The average molecular weight is 234 g/mol. The topological polar surface area (TPSA) is 45.2 Å². The predicted molar refractivity (Wildman–Crippen MR) is 56.1 cm³/mol. The maximum absolute atomic E-state index is 13.2. The fourth-order valence-corrected chi connectivity index (χ4v) is 1.71. The number of pyridine rings is 1. The van der Waals surface area contributed by atoms with Crippen LogP contribution in [0.5, 0.6) is 0 Å². The summed E-state index contributed by atoms with van der Waals surface area (Å²) in [6.45, 7) is 1.65. The van der Waals surface area contributed by atoms with Gasteiger partial charge in [-0.2, -0.15) is 0 Å². The Morgan fingerprint density at radius 1 is 1.53 bits per heavy atom. The molecule has 0 saturated heterocycles. The van der Waals surface area contributed by atoms with E-state index in [1.165, 1.54) is 7.05 Å². The second-order valence-corrected chi connectivity index (χ2v) is 4.39. The molecule has 1 aromatic rings. The zero-order chi connectivity index (χ0) is 11.4. The number of aliphatic hydroxyl groups is 1. The van der Waals surface area contributed by atoms with Gasteiger partial charge < -0.3 is 10.4 Å². The van der Waals surface area contributed by atoms with Crippen molar-refractivity contribution < 1.29 is 13.9 Å². The largest absolute Gasteiger partial charge is 0.395 e. The minimum absolute atomic E-state index is 0.00374. The number of hydrogen-bond donors (Lipinski definition) is 2. The van der Waals surface area contributed by atoms with Crippen molar-refractivity contribution in [1.29, 1.82) is 0 Å². The molecule has 0 amide bonds. The van der Waals surface area contributed by atoms with Crippen LogP contribution in [-0.2, 0) is 0 Å². The van der Waals surface area contributed by atoms with Crippen LogP contribution in [0, 0.1) is 11.6 Å². The van der Waals surface area contributed by atoms with Gasteiger partial charge in [-0.05, 0) is 0 Å². The average Bonchev–Trinajstić information content (AvgIpc) is 2.21. The van der Waals surface area contributed by atoms with Gasteiger partial charge in [-0.1, -0.05) is 18.7 Å². The highest BCUT2D eigenvalue weighted by Gasteiger charge is 2.13. The third-order valence-electron chi connectivity index (χ3n) is 1.70. The van der Waals surface area contributed by atoms with Gasteiger partial charge in [0.1, 0.15) is 5.03 Å². The zero-order valence-electron chi connectivity index (χ0n) is 8.42. The number of nitrogens with zero attached hydrogens (tertiary/aromatic N) is 1. The van der Waals surface area contributed by atoms with Crippen molar-refractivity contribution in [2.75, 3.05) is 19.0 Å². The molecule has 0 aliphatic heterocycles. The molecule has 0 spiro atoms. The van der Waals surface area contributed by atoms with E-state index < -0.39 is 11.6 Å². The van der Waals surface area contributed by atoms with Crippen LogP contribution in [0.4, 0.5) is 14.6 Å². The second-order valence-electron chi connectivity index (χ2n) is 2.97. The van der Waals surface area contributed by atoms with Crippen molar-refractivity contribution in [2.45, 2.75) is 17.2 Å². The Hall–Kier alpha value is -0.880. The molecule has 1 rings (SSSR count). The molecule has 0 aliphatic rings. The SMILES string of the molecule is CNc1nc(SC(C)CO)c(F)cc1F. The van der Waals surface area contributed by atoms with Crippen molar-refractivity contribution in [3.05, 3.63) is 17.7 Å². The lowest BCUT2D eigenvalue weighted by molar-refractivity contribution is 0.300. The summed E-state index contributed by atoms with van der Waals surface area (Å²) >= 11 is 1.07. The normalized spacial score (nSPS) is 12.6. The summed E-state index contributed by atoms with van der Waals surface area (Å²) in [4.78, 5) is 3.77. The van der Waals surface area contributed by atoms with E-state index in [0.717, 1.165) is 17.8 Å². The van der Waals surface area contributed by atoms with Gasteiger partial charge >= 0.3 is 0 Å². The number of anilines is 1. The minimum Gasteiger partial charge on any atom is -0.395 e. The number of aliphatic hydroxyl groups excluding tert-OH is 1. The summed E-state index contributed by atoms with van der Waals surface area (Å²) in [7, 11) is 1.51. The van der Waals surface area contributed by atoms with Crippen molar-refractivity contribution >= 4 is 17.6 Å². The van der Waals surface area contributed by atoms with Crippen molar-refractivity contribution in [2.24, 2.45) is 0 Å². The number of thioether (sulfide) groups is 1. The number of rotatable bonds is 4. The molecular formula is C9H12F2N2OS. The molecule has 0 saturated carbocycles. The number of nitrogens with one attached hydrogen (secondary N) is 1. The van der Waals surface area contributed by atoms with Gasteiger partial charge in [0.25, 0.3) is 0 Å². The summed E-state index contributed by atoms with van der Waals surface area (Å²) < 4.78 is 26.3. The molecule has 0 bridgehead atoms. The lowest BCUT2D eigenvalue weighted by atomic mass is 10.4. The Balaban J connectivity index is 2.97. The Labute approximate surface area is 90.9 Å². The third kappa shape index (κ3) is 3.04. The van der Waals surface area contributed by atoms with Crippen LogP contribution in [0.25, 0.3) is 0 Å². The number of aromatic nitrogens is 1. The van der Waals surface area contributed by atoms with Gasteiger partial charge in [-0.3, -0.25) is 0 Å². The highest BCUT2D eigenvalue weighted by atomic mass is 32.2. The van der Waals surface area contributed by atoms with Crippen molar-refractivity contribution in [1.82, 2.24) is 4.98 Å². The molecule has 15 heavy (non-hydrogen) atoms. The van der Waals surface area contributed by atoms with E-state index in [0.29, 0.717) is 0 Å². The molecule has 3 nitrogen and oxygen atoms in total. The molecular weight excluding hydrogens is 222 g/mol. The minimum atomic E-state index is -0.726. The smallest absolute Gasteiger partial charge is 0.168 e. The highest BCUT2D eigenvalue weighted by molar-refractivity contribution is 7.99. The first-order valence-corrected chi connectivity index (χ1v) is 5.27. The van der Waals surface area contributed by atoms with E-state index in [9.17, 15) is 8.78 Å². The molecule has 0 aromatic carbocycles. The van der Waals surface area contributed by atoms with Crippen LogP contribution < -0.4 is 5.32 Å². The van der Waals surface area contributed by atoms with Gasteiger partial charge in [-0.25, -0.2) is 13.8 Å². The molecule has 1 unspecified atom stereocenters. The maximum Gasteiger partial charge on any atom is 0.168 e. The van der Waals surface area contributed by atoms with Crippen LogP contribution in [-0.4, -0.2) is 29.0 Å². The van der Waals surface area contributed by atoms with E-state index in [4.69, 9.17) is 5.11 Å². The predicted octanol–water partition coefficient (Wildman–Crippen LogP) is 1.87. The van der Waals surface area contributed by atoms with Crippen molar-refractivity contribution in [3.8, 4) is 0 Å². The molecule has 2 N–H and O–H groups in total. The number of halogens is 2. The first-order chi connectivity index (χ1) is 7.08. The first kappa shape index (κ1) is 12.2. The quantitative estimate of drug-likeness (QED) is 0.781. The lowest BCUT2D eigenvalue weighted by Crippen LogP contribution is -2.05. The van der Waals surface area contributed by atoms with Gasteiger partial charge in [0.15, 0.2) is 17.5 Å². The van der Waals surface area contributed by atoms with Crippen LogP contribution in [0.2, 0.25) is 0 Å². The Kier molecular flexibility index (Phi) is 4.28. The Morgan fingerprint density at radius 3 is 2.73 bits per heavy atom. The van der Waals surface area contributed by atoms with Crippen molar-refractivity contribution in [3.63, 3.8) is 0 Å². The standard InChI is InChI=1S/C9H12F2N2OS/c1-5(4-14)15-9-7(11)3-6(10)8(12-2)13-9/h3,5,14H,4H2,1-2H3,(H,12,13). The summed E-state index contributed by atoms with van der Waals surface area (Å²) in [6.07, 6.45) is 0. The molecule has 0 aliphatic carbocycles. The summed E-state index contributed by atoms with van der Waals surface area (Å²) in [6, 6.07) is 0.783. The van der Waals surface area contributed by atoms with Crippen LogP contribution >= 0.6 is 11.8 Å². The van der Waals surface area contributed by atoms with Gasteiger partial charge in [-0.15, -0.1) is 0 Å². The molecule has 1 heterocycles. The van der Waals surface area contributed by atoms with Crippen LogP contribution in [0.3, 0.4) is 0 Å². The number of hydrogen-bond acceptors (Lipinski definition) is 4. The molecule has 1 aromatic heterocycles. The van der Waals surface area contributed by atoms with Crippen LogP contribution in [0.1, 0.15) is 6.92 Å². The van der Waals surface area contributed by atoms with E-state index in [-0.39, 0.29) is 22.7 Å². The Morgan fingerprint density at radius 2 is 2.20 bits per heavy atom. The molecule has 84 valence electrons. The summed E-state index contributed by atoms with van der Waals surface area (Å²) in [5.41, 5.74) is 0. The molecule has 1 atom stereocenters. The fraction of sp³-hybridized carbons (Fsp3) is 0.444. The van der Waals surface area contributed by atoms with E-state index in [2.05, 4.69) is 10.3 Å².